The number of nitrogens with zero attached hydrogens (tertiary/aromatic N) is 2. The van der Waals surface area contributed by atoms with Gasteiger partial charge in [0.05, 0.1) is 29.0 Å². The average molecular weight is 427 g/mol. The van der Waals surface area contributed by atoms with Crippen LogP contribution in [0, 0.1) is 0 Å². The van der Waals surface area contributed by atoms with Gasteiger partial charge >= 0.3 is 5.97 Å². The molecule has 0 unspecified atom stereocenters. The maximum atomic E-state index is 12.1. The first-order valence-electron chi connectivity index (χ1n) is 8.79. The second kappa shape index (κ2) is 10.1. The Morgan fingerprint density at radius 2 is 1.86 bits per heavy atom. The maximum absolute atomic E-state index is 12.1. The SMILES string of the molecule is COc1ccc(/C(C)=N/OC(=O)c2ccc(Cl)cc2)cc1SCc1ccccn1. The number of hydrogen-bond donors (Lipinski definition) is 0. The molecule has 0 aliphatic rings. The summed E-state index contributed by atoms with van der Waals surface area (Å²) in [4.78, 5) is 22.5. The molecule has 2 aromatic carbocycles. The van der Waals surface area contributed by atoms with Gasteiger partial charge in [-0.25, -0.2) is 4.79 Å². The predicted octanol–water partition coefficient (Wildman–Crippen LogP) is 5.62. The third kappa shape index (κ3) is 5.82. The smallest absolute Gasteiger partial charge is 0.365 e. The summed E-state index contributed by atoms with van der Waals surface area (Å²) in [5.41, 5.74) is 2.77. The maximum Gasteiger partial charge on any atom is 0.365 e. The van der Waals surface area contributed by atoms with Crippen LogP contribution in [0.4, 0.5) is 0 Å². The first-order chi connectivity index (χ1) is 14.1. The Kier molecular flexibility index (Phi) is 7.27. The van der Waals surface area contributed by atoms with Crippen LogP contribution in [0.1, 0.15) is 28.5 Å². The molecule has 0 aliphatic carbocycles. The minimum Gasteiger partial charge on any atom is -0.496 e. The molecule has 148 valence electrons. The van der Waals surface area contributed by atoms with Crippen molar-refractivity contribution in [2.45, 2.75) is 17.6 Å². The molecule has 29 heavy (non-hydrogen) atoms. The number of oxime groups is 1. The third-order valence-electron chi connectivity index (χ3n) is 4.03. The average Bonchev–Trinajstić information content (AvgIpc) is 2.76. The molecule has 1 aromatic heterocycles. The van der Waals surface area contributed by atoms with E-state index in [1.807, 2.05) is 36.4 Å². The Bertz CT molecular complexity index is 1010. The summed E-state index contributed by atoms with van der Waals surface area (Å²) in [6, 6.07) is 18.0. The van der Waals surface area contributed by atoms with Crippen molar-refractivity contribution < 1.29 is 14.4 Å². The number of aromatic nitrogens is 1. The van der Waals surface area contributed by atoms with E-state index in [1.54, 1.807) is 56.3 Å². The number of pyridine rings is 1. The molecule has 0 atom stereocenters. The Balaban J connectivity index is 1.72. The molecule has 0 fully saturated rings. The highest BCUT2D eigenvalue weighted by molar-refractivity contribution is 7.98. The molecule has 0 saturated carbocycles. The second-order valence-electron chi connectivity index (χ2n) is 6.04. The van der Waals surface area contributed by atoms with Gasteiger partial charge in [0.25, 0.3) is 0 Å². The van der Waals surface area contributed by atoms with E-state index >= 15 is 0 Å². The zero-order chi connectivity index (χ0) is 20.6. The number of thioether (sulfide) groups is 1. The van der Waals surface area contributed by atoms with Crippen LogP contribution in [-0.4, -0.2) is 23.8 Å². The second-order valence-corrected chi connectivity index (χ2v) is 7.49. The van der Waals surface area contributed by atoms with Crippen LogP contribution in [-0.2, 0) is 10.6 Å². The number of halogens is 1. The molecule has 0 saturated heterocycles. The lowest BCUT2D eigenvalue weighted by molar-refractivity contribution is 0.0516. The zero-order valence-corrected chi connectivity index (χ0v) is 17.5. The molecule has 7 heteroatoms. The number of methoxy groups -OCH3 is 1. The molecule has 0 bridgehead atoms. The van der Waals surface area contributed by atoms with Gasteiger partial charge in [0.15, 0.2) is 0 Å². The third-order valence-corrected chi connectivity index (χ3v) is 5.35. The van der Waals surface area contributed by atoms with E-state index in [0.29, 0.717) is 22.1 Å². The van der Waals surface area contributed by atoms with Crippen molar-refractivity contribution in [2.75, 3.05) is 7.11 Å². The minimum atomic E-state index is -0.542. The van der Waals surface area contributed by atoms with Gasteiger partial charge < -0.3 is 9.57 Å². The molecule has 5 nitrogen and oxygen atoms in total. The Morgan fingerprint density at radius 1 is 1.10 bits per heavy atom. The number of rotatable bonds is 7. The van der Waals surface area contributed by atoms with Gasteiger partial charge in [0.2, 0.25) is 0 Å². The summed E-state index contributed by atoms with van der Waals surface area (Å²) in [7, 11) is 1.63. The Labute approximate surface area is 178 Å². The Morgan fingerprint density at radius 3 is 2.55 bits per heavy atom. The molecule has 0 radical (unpaired) electrons. The van der Waals surface area contributed by atoms with Crippen molar-refractivity contribution in [2.24, 2.45) is 5.16 Å². The van der Waals surface area contributed by atoms with Gasteiger partial charge in [0, 0.05) is 22.5 Å². The largest absolute Gasteiger partial charge is 0.496 e. The van der Waals surface area contributed by atoms with Crippen molar-refractivity contribution in [3.8, 4) is 5.75 Å². The van der Waals surface area contributed by atoms with Crippen molar-refractivity contribution >= 4 is 35.0 Å². The molecular weight excluding hydrogens is 408 g/mol. The van der Waals surface area contributed by atoms with Gasteiger partial charge in [-0.1, -0.05) is 22.8 Å². The van der Waals surface area contributed by atoms with E-state index in [1.165, 1.54) is 0 Å². The van der Waals surface area contributed by atoms with Crippen LogP contribution in [0.25, 0.3) is 0 Å². The molecule has 0 N–H and O–H groups in total. The van der Waals surface area contributed by atoms with Gasteiger partial charge in [-0.05, 0) is 61.5 Å². The van der Waals surface area contributed by atoms with Crippen LogP contribution in [0.15, 0.2) is 76.9 Å². The van der Waals surface area contributed by atoms with Crippen LogP contribution < -0.4 is 4.74 Å². The fraction of sp³-hybridized carbons (Fsp3) is 0.136. The van der Waals surface area contributed by atoms with Crippen LogP contribution in [0.2, 0.25) is 5.02 Å². The van der Waals surface area contributed by atoms with Crippen molar-refractivity contribution in [3.05, 3.63) is 88.7 Å². The van der Waals surface area contributed by atoms with Gasteiger partial charge in [-0.2, -0.15) is 0 Å². The molecule has 0 amide bonds. The highest BCUT2D eigenvalue weighted by Crippen LogP contribution is 2.32. The van der Waals surface area contributed by atoms with Crippen LogP contribution >= 0.6 is 23.4 Å². The summed E-state index contributed by atoms with van der Waals surface area (Å²) in [5.74, 6) is 0.933. The van der Waals surface area contributed by atoms with Gasteiger partial charge in [-0.3, -0.25) is 4.98 Å². The van der Waals surface area contributed by atoms with E-state index in [0.717, 1.165) is 21.9 Å². The molecule has 0 spiro atoms. The number of hydrogen-bond acceptors (Lipinski definition) is 6. The van der Waals surface area contributed by atoms with Crippen LogP contribution in [0.3, 0.4) is 0 Å². The molecule has 0 aliphatic heterocycles. The highest BCUT2D eigenvalue weighted by atomic mass is 35.5. The number of ether oxygens (including phenoxy) is 1. The monoisotopic (exact) mass is 426 g/mol. The number of benzene rings is 2. The first kappa shape index (κ1) is 20.9. The fourth-order valence-electron chi connectivity index (χ4n) is 2.45. The summed E-state index contributed by atoms with van der Waals surface area (Å²) in [6.07, 6.45) is 1.77. The molecular formula is C22H19ClN2O3S. The van der Waals surface area contributed by atoms with Crippen molar-refractivity contribution in [3.63, 3.8) is 0 Å². The van der Waals surface area contributed by atoms with Gasteiger partial charge in [0.1, 0.15) is 5.75 Å². The number of carbonyl (C=O) groups is 1. The van der Waals surface area contributed by atoms with Crippen LogP contribution in [0.5, 0.6) is 5.75 Å². The van der Waals surface area contributed by atoms with E-state index in [2.05, 4.69) is 10.1 Å². The summed E-state index contributed by atoms with van der Waals surface area (Å²) in [6.45, 7) is 1.78. The standard InChI is InChI=1S/C22H19ClN2O3S/c1-15(25-28-22(26)16-6-9-18(23)10-7-16)17-8-11-20(27-2)21(13-17)29-14-19-5-3-4-12-24-19/h3-13H,14H2,1-2H3/b25-15+. The summed E-state index contributed by atoms with van der Waals surface area (Å²) in [5, 5.41) is 4.53. The fourth-order valence-corrected chi connectivity index (χ4v) is 3.56. The van der Waals surface area contributed by atoms with Crippen molar-refractivity contribution in [1.82, 2.24) is 4.98 Å². The highest BCUT2D eigenvalue weighted by Gasteiger charge is 2.10. The summed E-state index contributed by atoms with van der Waals surface area (Å²) < 4.78 is 5.46. The Hall–Kier alpha value is -2.83. The van der Waals surface area contributed by atoms with E-state index in [9.17, 15) is 4.79 Å². The van der Waals surface area contributed by atoms with E-state index < -0.39 is 5.97 Å². The molecule has 1 heterocycles. The molecule has 3 rings (SSSR count). The minimum absolute atomic E-state index is 0.382. The zero-order valence-electron chi connectivity index (χ0n) is 16.0. The normalized spacial score (nSPS) is 11.2. The number of carbonyl (C=O) groups excluding carboxylic acids is 1. The lowest BCUT2D eigenvalue weighted by Crippen LogP contribution is -2.04. The lowest BCUT2D eigenvalue weighted by Gasteiger charge is -2.10. The van der Waals surface area contributed by atoms with E-state index in [4.69, 9.17) is 21.2 Å². The van der Waals surface area contributed by atoms with E-state index in [-0.39, 0.29) is 0 Å². The predicted molar refractivity (Wildman–Crippen MR) is 116 cm³/mol. The molecule has 3 aromatic rings. The lowest BCUT2D eigenvalue weighted by atomic mass is 10.1. The first-order valence-corrected chi connectivity index (χ1v) is 10.2. The van der Waals surface area contributed by atoms with Gasteiger partial charge in [-0.15, -0.1) is 11.8 Å². The topological polar surface area (TPSA) is 60.8 Å². The van der Waals surface area contributed by atoms with Crippen molar-refractivity contribution in [1.29, 1.82) is 0 Å². The summed E-state index contributed by atoms with van der Waals surface area (Å²) >= 11 is 7.45. The quantitative estimate of drug-likeness (QED) is 0.212.